The van der Waals surface area contributed by atoms with Gasteiger partial charge in [-0.25, -0.2) is 4.99 Å². The Morgan fingerprint density at radius 3 is 2.46 bits per heavy atom. The predicted octanol–water partition coefficient (Wildman–Crippen LogP) is 2.95. The normalized spacial score (nSPS) is 16.6. The van der Waals surface area contributed by atoms with E-state index < -0.39 is 0 Å². The van der Waals surface area contributed by atoms with Gasteiger partial charge in [0, 0.05) is 32.2 Å². The van der Waals surface area contributed by atoms with Crippen LogP contribution in [0, 0.1) is 13.8 Å². The summed E-state index contributed by atoms with van der Waals surface area (Å²) in [7, 11) is 0. The van der Waals surface area contributed by atoms with E-state index in [9.17, 15) is 5.11 Å². The first-order valence-corrected chi connectivity index (χ1v) is 10.6. The minimum absolute atomic E-state index is 0.305. The molecule has 28 heavy (non-hydrogen) atoms. The molecule has 3 N–H and O–H groups in total. The second-order valence-corrected chi connectivity index (χ2v) is 7.95. The number of hydrogen-bond acceptors (Lipinski definition) is 4. The van der Waals surface area contributed by atoms with Gasteiger partial charge in [-0.1, -0.05) is 12.1 Å². The smallest absolute Gasteiger partial charge is 0.191 e. The number of likely N-dealkylation sites (tertiary alicyclic amines) is 1. The lowest BCUT2D eigenvalue weighted by molar-refractivity contribution is 0.0532. The van der Waals surface area contributed by atoms with Gasteiger partial charge in [0.2, 0.25) is 0 Å². The summed E-state index contributed by atoms with van der Waals surface area (Å²) in [4.78, 5) is 7.24. The fourth-order valence-corrected chi connectivity index (χ4v) is 3.54. The molecule has 1 heterocycles. The first kappa shape index (κ1) is 22.5. The lowest BCUT2D eigenvalue weighted by Gasteiger charge is -2.33. The third-order valence-corrected chi connectivity index (χ3v) is 5.10. The molecule has 0 atom stereocenters. The molecule has 1 aliphatic rings. The fourth-order valence-electron chi connectivity index (χ4n) is 3.54. The second-order valence-electron chi connectivity index (χ2n) is 7.95. The maximum absolute atomic E-state index is 9.94. The van der Waals surface area contributed by atoms with Crippen molar-refractivity contribution in [3.63, 3.8) is 0 Å². The molecule has 0 amide bonds. The van der Waals surface area contributed by atoms with Gasteiger partial charge < -0.3 is 25.4 Å². The first-order valence-electron chi connectivity index (χ1n) is 10.6. The SMILES string of the molecule is CCNC(=NCc1cc(C)c(O)c(C)c1)NC1CCN(CCOC(C)C)CC1. The molecule has 0 radical (unpaired) electrons. The lowest BCUT2D eigenvalue weighted by Crippen LogP contribution is -2.49. The van der Waals surface area contributed by atoms with Gasteiger partial charge >= 0.3 is 0 Å². The van der Waals surface area contributed by atoms with Crippen LogP contribution in [0.3, 0.4) is 0 Å². The number of nitrogens with zero attached hydrogens (tertiary/aromatic N) is 2. The van der Waals surface area contributed by atoms with Crippen molar-refractivity contribution < 1.29 is 9.84 Å². The number of benzene rings is 1. The molecular formula is C22H38N4O2. The van der Waals surface area contributed by atoms with Crippen molar-refractivity contribution >= 4 is 5.96 Å². The Labute approximate surface area is 170 Å². The summed E-state index contributed by atoms with van der Waals surface area (Å²) in [5, 5.41) is 16.9. The maximum atomic E-state index is 9.94. The number of ether oxygens (including phenoxy) is 1. The standard InChI is InChI=1S/C22H38N4O2/c1-6-23-22(24-15-19-13-17(4)21(27)18(5)14-19)25-20-7-9-26(10-8-20)11-12-28-16(2)3/h13-14,16,20,27H,6-12,15H2,1-5H3,(H2,23,24,25). The monoisotopic (exact) mass is 390 g/mol. The number of guanidine groups is 1. The van der Waals surface area contributed by atoms with Crippen molar-refractivity contribution in [3.05, 3.63) is 28.8 Å². The van der Waals surface area contributed by atoms with Crippen molar-refractivity contribution in [2.45, 2.75) is 66.2 Å². The van der Waals surface area contributed by atoms with Crippen molar-refractivity contribution in [1.29, 1.82) is 0 Å². The van der Waals surface area contributed by atoms with Crippen LogP contribution in [0.1, 0.15) is 50.3 Å². The average molecular weight is 391 g/mol. The Kier molecular flexibility index (Phi) is 9.06. The number of nitrogens with one attached hydrogen (secondary N) is 2. The second kappa shape index (κ2) is 11.3. The van der Waals surface area contributed by atoms with Gasteiger partial charge in [0.05, 0.1) is 19.3 Å². The van der Waals surface area contributed by atoms with Gasteiger partial charge in [0.15, 0.2) is 5.96 Å². The number of aryl methyl sites for hydroxylation is 2. The van der Waals surface area contributed by atoms with E-state index >= 15 is 0 Å². The Balaban J connectivity index is 1.85. The molecule has 0 saturated carbocycles. The van der Waals surface area contributed by atoms with E-state index in [2.05, 4.69) is 36.3 Å². The zero-order valence-corrected chi connectivity index (χ0v) is 18.2. The number of piperidine rings is 1. The maximum Gasteiger partial charge on any atom is 0.191 e. The zero-order valence-electron chi connectivity index (χ0n) is 18.2. The quantitative estimate of drug-likeness (QED) is 0.470. The van der Waals surface area contributed by atoms with Gasteiger partial charge in [0.25, 0.3) is 0 Å². The number of hydrogen-bond donors (Lipinski definition) is 3. The van der Waals surface area contributed by atoms with Crippen LogP contribution in [0.15, 0.2) is 17.1 Å². The Bertz CT molecular complexity index is 614. The molecule has 6 heteroatoms. The molecule has 0 aromatic heterocycles. The highest BCUT2D eigenvalue weighted by atomic mass is 16.5. The van der Waals surface area contributed by atoms with Gasteiger partial charge in [-0.05, 0) is 64.2 Å². The van der Waals surface area contributed by atoms with Crippen molar-refractivity contribution in [2.75, 3.05) is 32.8 Å². The Morgan fingerprint density at radius 1 is 1.25 bits per heavy atom. The van der Waals surface area contributed by atoms with Gasteiger partial charge in [-0.2, -0.15) is 0 Å². The molecule has 1 aliphatic heterocycles. The van der Waals surface area contributed by atoms with E-state index in [1.807, 2.05) is 26.0 Å². The molecule has 0 unspecified atom stereocenters. The molecular weight excluding hydrogens is 352 g/mol. The van der Waals surface area contributed by atoms with E-state index in [-0.39, 0.29) is 0 Å². The number of rotatable bonds is 8. The Morgan fingerprint density at radius 2 is 1.89 bits per heavy atom. The van der Waals surface area contributed by atoms with Crippen LogP contribution in [0.2, 0.25) is 0 Å². The molecule has 0 spiro atoms. The number of phenolic OH excluding ortho intramolecular Hbond substituents is 1. The molecule has 1 fully saturated rings. The summed E-state index contributed by atoms with van der Waals surface area (Å²) in [6.07, 6.45) is 2.53. The average Bonchev–Trinajstić information content (AvgIpc) is 2.65. The van der Waals surface area contributed by atoms with Gasteiger partial charge in [-0.15, -0.1) is 0 Å². The van der Waals surface area contributed by atoms with E-state index in [1.165, 1.54) is 0 Å². The Hall–Kier alpha value is -1.79. The predicted molar refractivity (Wildman–Crippen MR) is 116 cm³/mol. The number of aromatic hydroxyl groups is 1. The van der Waals surface area contributed by atoms with Crippen LogP contribution in [0.4, 0.5) is 0 Å². The molecule has 158 valence electrons. The highest BCUT2D eigenvalue weighted by Crippen LogP contribution is 2.23. The van der Waals surface area contributed by atoms with Crippen LogP contribution in [0.5, 0.6) is 5.75 Å². The lowest BCUT2D eigenvalue weighted by atomic mass is 10.1. The summed E-state index contributed by atoms with van der Waals surface area (Å²) >= 11 is 0. The van der Waals surface area contributed by atoms with Crippen LogP contribution in [0.25, 0.3) is 0 Å². The molecule has 0 aliphatic carbocycles. The third-order valence-electron chi connectivity index (χ3n) is 5.10. The first-order chi connectivity index (χ1) is 13.4. The van der Waals surface area contributed by atoms with Crippen LogP contribution < -0.4 is 10.6 Å². The summed E-state index contributed by atoms with van der Waals surface area (Å²) < 4.78 is 5.66. The number of phenols is 1. The van der Waals surface area contributed by atoms with Crippen LogP contribution in [-0.2, 0) is 11.3 Å². The summed E-state index contributed by atoms with van der Waals surface area (Å²) in [5.41, 5.74) is 2.92. The molecule has 1 aromatic rings. The van der Waals surface area contributed by atoms with Crippen LogP contribution in [-0.4, -0.2) is 60.9 Å². The minimum Gasteiger partial charge on any atom is -0.507 e. The topological polar surface area (TPSA) is 69.1 Å². The minimum atomic E-state index is 0.305. The van der Waals surface area contributed by atoms with E-state index in [4.69, 9.17) is 9.73 Å². The van der Waals surface area contributed by atoms with Crippen LogP contribution >= 0.6 is 0 Å². The van der Waals surface area contributed by atoms with Gasteiger partial charge in [0.1, 0.15) is 5.75 Å². The van der Waals surface area contributed by atoms with E-state index in [1.54, 1.807) is 0 Å². The van der Waals surface area contributed by atoms with E-state index in [0.29, 0.717) is 24.4 Å². The summed E-state index contributed by atoms with van der Waals surface area (Å²) in [6.45, 7) is 15.6. The van der Waals surface area contributed by atoms with Crippen molar-refractivity contribution in [3.8, 4) is 5.75 Å². The summed E-state index contributed by atoms with van der Waals surface area (Å²) in [5.74, 6) is 1.25. The van der Waals surface area contributed by atoms with E-state index in [0.717, 1.165) is 68.3 Å². The highest BCUT2D eigenvalue weighted by Gasteiger charge is 2.19. The zero-order chi connectivity index (χ0) is 20.5. The fraction of sp³-hybridized carbons (Fsp3) is 0.682. The largest absolute Gasteiger partial charge is 0.507 e. The molecule has 2 rings (SSSR count). The molecule has 6 nitrogen and oxygen atoms in total. The highest BCUT2D eigenvalue weighted by molar-refractivity contribution is 5.80. The third kappa shape index (κ3) is 7.32. The number of aliphatic imine (C=N–C) groups is 1. The van der Waals surface area contributed by atoms with Crippen molar-refractivity contribution in [2.24, 2.45) is 4.99 Å². The molecule has 0 bridgehead atoms. The van der Waals surface area contributed by atoms with Crippen molar-refractivity contribution in [1.82, 2.24) is 15.5 Å². The molecule has 1 saturated heterocycles. The van der Waals surface area contributed by atoms with Gasteiger partial charge in [-0.3, -0.25) is 0 Å². The molecule has 1 aromatic carbocycles. The summed E-state index contributed by atoms with van der Waals surface area (Å²) in [6, 6.07) is 4.46.